The highest BCUT2D eigenvalue weighted by molar-refractivity contribution is 7.47. The lowest BCUT2D eigenvalue weighted by molar-refractivity contribution is -0.161. The number of hydrogen-bond acceptors (Lipinski definition) is 10. The van der Waals surface area contributed by atoms with Crippen LogP contribution in [0, 0.1) is 0 Å². The third kappa shape index (κ3) is 52.2. The summed E-state index contributed by atoms with van der Waals surface area (Å²) in [6.45, 7) is 4.14. The average Bonchev–Trinajstić information content (AvgIpc) is 3.39. The number of carbonyl (C=O) groups excluding carboxylic acids is 3. The molecule has 12 heteroatoms. The van der Waals surface area contributed by atoms with Crippen molar-refractivity contribution in [1.82, 2.24) is 0 Å². The minimum absolute atomic E-state index is 0.0974. The number of carbonyl (C=O) groups is 3. The smallest absolute Gasteiger partial charge is 0.462 e. The van der Waals surface area contributed by atoms with Crippen LogP contribution in [0.4, 0.5) is 0 Å². The van der Waals surface area contributed by atoms with E-state index in [-0.39, 0.29) is 25.9 Å². The topological polar surface area (TPSA) is 155 Å². The Morgan fingerprint density at radius 1 is 0.378 bits per heavy atom. The van der Waals surface area contributed by atoms with Crippen LogP contribution in [-0.4, -0.2) is 66.5 Å². The van der Waals surface area contributed by atoms with Crippen molar-refractivity contribution in [3.63, 3.8) is 0 Å². The fourth-order valence-electron chi connectivity index (χ4n) is 6.62. The number of phosphoric ester groups is 1. The van der Waals surface area contributed by atoms with Crippen LogP contribution in [0.2, 0.25) is 0 Å². The van der Waals surface area contributed by atoms with Gasteiger partial charge < -0.3 is 24.2 Å². The van der Waals surface area contributed by atoms with E-state index in [1.165, 1.54) is 0 Å². The van der Waals surface area contributed by atoms with Crippen molar-refractivity contribution in [2.45, 2.75) is 200 Å². The standard InChI is InChI=1S/C62H97O11P/c1-4-7-10-13-16-19-22-25-28-29-32-33-36-39-42-45-48-51-60(64)69-55-59(73-62(66)53-50-47-44-41-38-35-31-27-24-21-18-15-12-9-6-3)57-71-74(67,68)70-56-58(54-63)72-61(65)52-49-46-43-40-37-34-30-26-23-20-17-14-11-8-5-2/h7-12,16-21,25-28,30-33,37-38,40-41,58-59,63H,4-6,13-15,22-24,29,34-36,39,42-57H2,1-3H3,(H,67,68)/b10-7-,11-8-,12-9-,19-16-,20-17-,21-18-,28-25-,30-26-,31-27-,33-32-,40-37-,41-38-. The van der Waals surface area contributed by atoms with Crippen LogP contribution in [0.3, 0.4) is 0 Å². The van der Waals surface area contributed by atoms with Crippen LogP contribution in [0.15, 0.2) is 146 Å². The van der Waals surface area contributed by atoms with E-state index < -0.39 is 57.8 Å². The second-order valence-corrected chi connectivity index (χ2v) is 19.1. The van der Waals surface area contributed by atoms with Gasteiger partial charge in [-0.1, -0.05) is 179 Å². The second-order valence-electron chi connectivity index (χ2n) is 17.6. The van der Waals surface area contributed by atoms with Gasteiger partial charge in [0.1, 0.15) is 12.7 Å². The van der Waals surface area contributed by atoms with Gasteiger partial charge >= 0.3 is 25.7 Å². The van der Waals surface area contributed by atoms with Gasteiger partial charge in [0.05, 0.1) is 19.8 Å². The van der Waals surface area contributed by atoms with E-state index in [4.69, 9.17) is 23.3 Å². The highest BCUT2D eigenvalue weighted by Crippen LogP contribution is 2.43. The zero-order chi connectivity index (χ0) is 54.1. The number of rotatable bonds is 49. The maximum Gasteiger partial charge on any atom is 0.472 e. The molecule has 0 aromatic rings. The Bertz CT molecular complexity index is 1800. The molecule has 0 heterocycles. The second kappa shape index (κ2) is 54.6. The maximum atomic E-state index is 12.9. The number of esters is 3. The lowest BCUT2D eigenvalue weighted by Crippen LogP contribution is -2.30. The first-order chi connectivity index (χ1) is 36.2. The van der Waals surface area contributed by atoms with Crippen LogP contribution in [0.25, 0.3) is 0 Å². The molecule has 11 nitrogen and oxygen atoms in total. The van der Waals surface area contributed by atoms with E-state index >= 15 is 0 Å². The molecule has 0 aromatic heterocycles. The Morgan fingerprint density at radius 3 is 1.03 bits per heavy atom. The Labute approximate surface area is 448 Å². The molecule has 0 saturated carbocycles. The van der Waals surface area contributed by atoms with Gasteiger partial charge in [-0.25, -0.2) is 4.57 Å². The van der Waals surface area contributed by atoms with Gasteiger partial charge in [-0.2, -0.15) is 0 Å². The summed E-state index contributed by atoms with van der Waals surface area (Å²) in [4.78, 5) is 48.5. The van der Waals surface area contributed by atoms with E-state index in [9.17, 15) is 28.9 Å². The maximum absolute atomic E-state index is 12.9. The van der Waals surface area contributed by atoms with Crippen LogP contribution in [0.1, 0.15) is 188 Å². The molecular formula is C62H97O11P. The number of phosphoric acid groups is 1. The molecule has 0 fully saturated rings. The molecule has 2 N–H and O–H groups in total. The SMILES string of the molecule is CC/C=C\C/C=C\C/C=C\C/C=C\CCCCCCC(=O)OCC(COP(=O)(O)OCC(CO)OC(=O)CCCC/C=C\C/C=C\C/C=C\C/C=C\CC)OC(=O)CCCC/C=C\C/C=C\C/C=C\C/C=C\CC. The summed E-state index contributed by atoms with van der Waals surface area (Å²) in [5.41, 5.74) is 0. The normalized spacial score (nSPS) is 14.5. The van der Waals surface area contributed by atoms with Crippen molar-refractivity contribution in [1.29, 1.82) is 0 Å². The van der Waals surface area contributed by atoms with Crippen molar-refractivity contribution in [2.24, 2.45) is 0 Å². The Balaban J connectivity index is 4.89. The largest absolute Gasteiger partial charge is 0.472 e. The Hall–Kier alpha value is -4.64. The zero-order valence-electron chi connectivity index (χ0n) is 45.7. The fourth-order valence-corrected chi connectivity index (χ4v) is 7.40. The Morgan fingerprint density at radius 2 is 0.662 bits per heavy atom. The molecule has 0 aliphatic rings. The molecule has 3 atom stereocenters. The van der Waals surface area contributed by atoms with Gasteiger partial charge in [0.25, 0.3) is 0 Å². The van der Waals surface area contributed by atoms with Crippen LogP contribution < -0.4 is 0 Å². The molecule has 0 saturated heterocycles. The summed E-state index contributed by atoms with van der Waals surface area (Å²) in [5, 5.41) is 9.80. The molecule has 0 amide bonds. The predicted octanol–water partition coefficient (Wildman–Crippen LogP) is 16.4. The summed E-state index contributed by atoms with van der Waals surface area (Å²) in [6.07, 6.45) is 69.6. The molecule has 0 radical (unpaired) electrons. The lowest BCUT2D eigenvalue weighted by Gasteiger charge is -2.21. The predicted molar refractivity (Wildman–Crippen MR) is 306 cm³/mol. The summed E-state index contributed by atoms with van der Waals surface area (Å²) < 4.78 is 39.4. The molecule has 416 valence electrons. The van der Waals surface area contributed by atoms with Crippen molar-refractivity contribution in [3.05, 3.63) is 146 Å². The third-order valence-electron chi connectivity index (χ3n) is 10.7. The third-order valence-corrected chi connectivity index (χ3v) is 11.7. The molecule has 3 unspecified atom stereocenters. The molecule has 0 aliphatic heterocycles. The van der Waals surface area contributed by atoms with E-state index in [2.05, 4.69) is 167 Å². The Kier molecular flexibility index (Phi) is 51.2. The fraction of sp³-hybridized carbons (Fsp3) is 0.565. The molecule has 0 aromatic carbocycles. The summed E-state index contributed by atoms with van der Waals surface area (Å²) in [5.74, 6) is -1.61. The van der Waals surface area contributed by atoms with Gasteiger partial charge in [-0.3, -0.25) is 23.4 Å². The highest BCUT2D eigenvalue weighted by atomic mass is 31.2. The number of ether oxygens (including phenoxy) is 3. The summed E-state index contributed by atoms with van der Waals surface area (Å²) >= 11 is 0. The molecule has 74 heavy (non-hydrogen) atoms. The quantitative estimate of drug-likeness (QED) is 0.0197. The number of aliphatic hydroxyl groups excluding tert-OH is 1. The number of hydrogen-bond donors (Lipinski definition) is 2. The molecule has 0 rings (SSSR count). The lowest BCUT2D eigenvalue weighted by atomic mass is 10.1. The molecule has 0 spiro atoms. The average molecular weight is 1050 g/mol. The van der Waals surface area contributed by atoms with Gasteiger partial charge in [0.15, 0.2) is 6.10 Å². The van der Waals surface area contributed by atoms with E-state index in [1.54, 1.807) is 0 Å². The minimum Gasteiger partial charge on any atom is -0.462 e. The van der Waals surface area contributed by atoms with E-state index in [0.29, 0.717) is 19.3 Å². The summed E-state index contributed by atoms with van der Waals surface area (Å²) in [7, 11) is -4.79. The first-order valence-corrected chi connectivity index (χ1v) is 29.2. The zero-order valence-corrected chi connectivity index (χ0v) is 46.6. The van der Waals surface area contributed by atoms with Crippen molar-refractivity contribution < 1.29 is 52.2 Å². The first kappa shape index (κ1) is 69.4. The summed E-state index contributed by atoms with van der Waals surface area (Å²) in [6, 6.07) is 0. The van der Waals surface area contributed by atoms with Gasteiger partial charge in [-0.05, 0) is 135 Å². The molecule has 0 bridgehead atoms. The first-order valence-electron chi connectivity index (χ1n) is 27.7. The van der Waals surface area contributed by atoms with Crippen molar-refractivity contribution in [3.8, 4) is 0 Å². The minimum atomic E-state index is -4.79. The number of allylic oxidation sites excluding steroid dienone is 24. The van der Waals surface area contributed by atoms with Gasteiger partial charge in [-0.15, -0.1) is 0 Å². The van der Waals surface area contributed by atoms with Crippen molar-refractivity contribution in [2.75, 3.05) is 26.4 Å². The molecule has 0 aliphatic carbocycles. The number of unbranched alkanes of at least 4 members (excludes halogenated alkanes) is 8. The monoisotopic (exact) mass is 1050 g/mol. The van der Waals surface area contributed by atoms with Crippen molar-refractivity contribution >= 4 is 25.7 Å². The highest BCUT2D eigenvalue weighted by Gasteiger charge is 2.28. The van der Waals surface area contributed by atoms with E-state index in [1.807, 2.05) is 0 Å². The van der Waals surface area contributed by atoms with Crippen LogP contribution in [-0.2, 0) is 42.2 Å². The number of aliphatic hydroxyl groups is 1. The van der Waals surface area contributed by atoms with Gasteiger partial charge in [0.2, 0.25) is 0 Å². The van der Waals surface area contributed by atoms with Crippen LogP contribution >= 0.6 is 7.82 Å². The molecular weight excluding hydrogens is 952 g/mol. The van der Waals surface area contributed by atoms with Gasteiger partial charge in [0, 0.05) is 19.3 Å². The van der Waals surface area contributed by atoms with E-state index in [0.717, 1.165) is 128 Å². The van der Waals surface area contributed by atoms with Crippen LogP contribution in [0.5, 0.6) is 0 Å².